The van der Waals surface area contributed by atoms with E-state index in [4.69, 9.17) is 0 Å². The molecule has 1 saturated carbocycles. The zero-order valence-electron chi connectivity index (χ0n) is 11.3. The maximum Gasteiger partial charge on any atom is 0.317 e. The predicted octanol–water partition coefficient (Wildman–Crippen LogP) is 1.96. The molecule has 5 heteroatoms. The zero-order chi connectivity index (χ0) is 13.1. The number of nitrogens with zero attached hydrogens (tertiary/aromatic N) is 3. The lowest BCUT2D eigenvalue weighted by molar-refractivity contribution is 0.215. The summed E-state index contributed by atoms with van der Waals surface area (Å²) >= 11 is 0. The summed E-state index contributed by atoms with van der Waals surface area (Å²) in [5.41, 5.74) is 0. The second-order valence-corrected chi connectivity index (χ2v) is 5.53. The van der Waals surface area contributed by atoms with Gasteiger partial charge in [-0.1, -0.05) is 19.3 Å². The minimum Gasteiger partial charge on any atom is -0.336 e. The first-order chi connectivity index (χ1) is 9.34. The summed E-state index contributed by atoms with van der Waals surface area (Å²) in [6.45, 7) is 3.24. The molecular formula is C14H22N4O. The second-order valence-electron chi connectivity index (χ2n) is 5.53. The summed E-state index contributed by atoms with van der Waals surface area (Å²) in [6.07, 6.45) is 10.5. The summed E-state index contributed by atoms with van der Waals surface area (Å²) in [4.78, 5) is 17.9. The highest BCUT2D eigenvalue weighted by atomic mass is 16.2. The van der Waals surface area contributed by atoms with Crippen molar-refractivity contribution in [2.24, 2.45) is 0 Å². The molecule has 104 valence electrons. The molecule has 0 unspecified atom stereocenters. The lowest BCUT2D eigenvalue weighted by atomic mass is 9.88. The van der Waals surface area contributed by atoms with Gasteiger partial charge in [0.05, 0.1) is 0 Å². The van der Waals surface area contributed by atoms with Crippen LogP contribution in [0.4, 0.5) is 4.79 Å². The SMILES string of the molecule is O=C1NCCN1CCn1ccnc1C1CCCCC1. The van der Waals surface area contributed by atoms with Gasteiger partial charge in [-0.05, 0) is 12.8 Å². The molecule has 2 fully saturated rings. The standard InChI is InChI=1S/C14H22N4O/c19-14-16-7-9-18(14)11-10-17-8-6-15-13(17)12-4-2-1-3-5-12/h6,8,12H,1-5,7,9-11H2,(H,16,19). The van der Waals surface area contributed by atoms with E-state index < -0.39 is 0 Å². The molecule has 19 heavy (non-hydrogen) atoms. The number of nitrogens with one attached hydrogen (secondary N) is 1. The molecule has 0 spiro atoms. The van der Waals surface area contributed by atoms with Crippen molar-refractivity contribution in [3.8, 4) is 0 Å². The number of carbonyl (C=O) groups is 1. The monoisotopic (exact) mass is 262 g/mol. The zero-order valence-corrected chi connectivity index (χ0v) is 11.3. The average molecular weight is 262 g/mol. The molecule has 0 radical (unpaired) electrons. The fourth-order valence-electron chi connectivity index (χ4n) is 3.18. The Kier molecular flexibility index (Phi) is 3.71. The molecule has 0 atom stereocenters. The average Bonchev–Trinajstić information content (AvgIpc) is 3.06. The molecular weight excluding hydrogens is 240 g/mol. The maximum atomic E-state index is 11.5. The van der Waals surface area contributed by atoms with Crippen molar-refractivity contribution in [2.45, 2.75) is 44.6 Å². The number of amides is 2. The Morgan fingerprint density at radius 2 is 2.11 bits per heavy atom. The molecule has 1 aromatic rings. The Balaban J connectivity index is 1.61. The number of urea groups is 1. The van der Waals surface area contributed by atoms with E-state index in [0.717, 1.165) is 26.2 Å². The van der Waals surface area contributed by atoms with Crippen molar-refractivity contribution < 1.29 is 4.79 Å². The van der Waals surface area contributed by atoms with Crippen LogP contribution in [0.2, 0.25) is 0 Å². The summed E-state index contributed by atoms with van der Waals surface area (Å²) < 4.78 is 2.24. The van der Waals surface area contributed by atoms with Crippen molar-refractivity contribution >= 4 is 6.03 Å². The third-order valence-electron chi connectivity index (χ3n) is 4.27. The van der Waals surface area contributed by atoms with Crippen LogP contribution in [-0.2, 0) is 6.54 Å². The van der Waals surface area contributed by atoms with Crippen molar-refractivity contribution in [3.63, 3.8) is 0 Å². The number of aromatic nitrogens is 2. The van der Waals surface area contributed by atoms with Gasteiger partial charge in [0, 0.05) is 44.5 Å². The third-order valence-corrected chi connectivity index (χ3v) is 4.27. The Bertz CT molecular complexity index is 436. The van der Waals surface area contributed by atoms with Gasteiger partial charge >= 0.3 is 6.03 Å². The van der Waals surface area contributed by atoms with Gasteiger partial charge in [-0.2, -0.15) is 0 Å². The normalized spacial score (nSPS) is 20.8. The Morgan fingerprint density at radius 1 is 1.26 bits per heavy atom. The largest absolute Gasteiger partial charge is 0.336 e. The highest BCUT2D eigenvalue weighted by Gasteiger charge is 2.22. The molecule has 2 amide bonds. The lowest BCUT2D eigenvalue weighted by Crippen LogP contribution is -2.31. The molecule has 1 saturated heterocycles. The van der Waals surface area contributed by atoms with Gasteiger partial charge in [-0.15, -0.1) is 0 Å². The van der Waals surface area contributed by atoms with Gasteiger partial charge in [-0.25, -0.2) is 9.78 Å². The van der Waals surface area contributed by atoms with Gasteiger partial charge in [-0.3, -0.25) is 0 Å². The van der Waals surface area contributed by atoms with Gasteiger partial charge < -0.3 is 14.8 Å². The number of imidazole rings is 1. The number of rotatable bonds is 4. The van der Waals surface area contributed by atoms with Crippen LogP contribution in [0.15, 0.2) is 12.4 Å². The summed E-state index contributed by atoms with van der Waals surface area (Å²) in [5.74, 6) is 1.84. The van der Waals surface area contributed by atoms with E-state index in [1.165, 1.54) is 37.9 Å². The molecule has 0 bridgehead atoms. The van der Waals surface area contributed by atoms with Crippen LogP contribution in [0.1, 0.15) is 43.8 Å². The molecule has 1 aliphatic carbocycles. The van der Waals surface area contributed by atoms with Crippen LogP contribution >= 0.6 is 0 Å². The maximum absolute atomic E-state index is 11.5. The molecule has 0 aromatic carbocycles. The van der Waals surface area contributed by atoms with E-state index in [0.29, 0.717) is 5.92 Å². The van der Waals surface area contributed by atoms with Gasteiger partial charge in [0.25, 0.3) is 0 Å². The second kappa shape index (κ2) is 5.63. The van der Waals surface area contributed by atoms with Crippen molar-refractivity contribution in [2.75, 3.05) is 19.6 Å². The Hall–Kier alpha value is -1.52. The van der Waals surface area contributed by atoms with Crippen LogP contribution in [0, 0.1) is 0 Å². The third kappa shape index (κ3) is 2.74. The van der Waals surface area contributed by atoms with Crippen molar-refractivity contribution in [1.29, 1.82) is 0 Å². The molecule has 5 nitrogen and oxygen atoms in total. The van der Waals surface area contributed by atoms with Crippen LogP contribution < -0.4 is 5.32 Å². The lowest BCUT2D eigenvalue weighted by Gasteiger charge is -2.23. The quantitative estimate of drug-likeness (QED) is 0.901. The highest BCUT2D eigenvalue weighted by molar-refractivity contribution is 5.76. The first-order valence-corrected chi connectivity index (χ1v) is 7.38. The van der Waals surface area contributed by atoms with Crippen molar-refractivity contribution in [1.82, 2.24) is 19.8 Å². The minimum absolute atomic E-state index is 0.0688. The molecule has 1 aromatic heterocycles. The van der Waals surface area contributed by atoms with E-state index in [-0.39, 0.29) is 6.03 Å². The topological polar surface area (TPSA) is 50.2 Å². The van der Waals surface area contributed by atoms with E-state index in [1.807, 2.05) is 11.1 Å². The molecule has 1 aliphatic heterocycles. The summed E-state index contributed by atoms with van der Waals surface area (Å²) in [5, 5.41) is 2.84. The Morgan fingerprint density at radius 3 is 2.84 bits per heavy atom. The summed E-state index contributed by atoms with van der Waals surface area (Å²) in [6, 6.07) is 0.0688. The Labute approximate surface area is 114 Å². The first-order valence-electron chi connectivity index (χ1n) is 7.38. The van der Waals surface area contributed by atoms with Crippen LogP contribution in [0.25, 0.3) is 0 Å². The van der Waals surface area contributed by atoms with E-state index >= 15 is 0 Å². The van der Waals surface area contributed by atoms with E-state index in [2.05, 4.69) is 21.1 Å². The van der Waals surface area contributed by atoms with Crippen molar-refractivity contribution in [3.05, 3.63) is 18.2 Å². The number of hydrogen-bond donors (Lipinski definition) is 1. The van der Waals surface area contributed by atoms with Crippen LogP contribution in [-0.4, -0.2) is 40.1 Å². The van der Waals surface area contributed by atoms with Gasteiger partial charge in [0.15, 0.2) is 0 Å². The molecule has 3 rings (SSSR count). The number of carbonyl (C=O) groups excluding carboxylic acids is 1. The van der Waals surface area contributed by atoms with Gasteiger partial charge in [0.2, 0.25) is 0 Å². The smallest absolute Gasteiger partial charge is 0.317 e. The first kappa shape index (κ1) is 12.5. The fourth-order valence-corrected chi connectivity index (χ4v) is 3.18. The van der Waals surface area contributed by atoms with E-state index in [1.54, 1.807) is 0 Å². The number of hydrogen-bond acceptors (Lipinski definition) is 2. The van der Waals surface area contributed by atoms with Crippen LogP contribution in [0.5, 0.6) is 0 Å². The van der Waals surface area contributed by atoms with Crippen LogP contribution in [0.3, 0.4) is 0 Å². The van der Waals surface area contributed by atoms with E-state index in [9.17, 15) is 4.79 Å². The minimum atomic E-state index is 0.0688. The molecule has 1 N–H and O–H groups in total. The fraction of sp³-hybridized carbons (Fsp3) is 0.714. The molecule has 2 heterocycles. The summed E-state index contributed by atoms with van der Waals surface area (Å²) in [7, 11) is 0. The predicted molar refractivity (Wildman–Crippen MR) is 73.0 cm³/mol. The molecule has 2 aliphatic rings. The highest BCUT2D eigenvalue weighted by Crippen LogP contribution is 2.31. The van der Waals surface area contributed by atoms with Gasteiger partial charge in [0.1, 0.15) is 5.82 Å².